The van der Waals surface area contributed by atoms with Crippen LogP contribution >= 0.6 is 0 Å². The van der Waals surface area contributed by atoms with Crippen molar-refractivity contribution in [3.63, 3.8) is 0 Å². The van der Waals surface area contributed by atoms with Gasteiger partial charge in [-0.3, -0.25) is 0 Å². The number of fused-ring (bicyclic) bond motifs is 16. The molecule has 9 rings (SSSR count). The minimum Gasteiger partial charge on any atom is -0.453 e. The predicted octanol–water partition coefficient (Wildman–Crippen LogP) is 10.4. The standard InChI is InChI=1S/C40H27N3O/c1-2-9-26(10-3-1)34-25-35-31-14-6-11-27(21-31)30-19-20-39-37(24-30)43(36-17-4-5-18-38(36)44-39)33-16-8-13-29(23-33)28-12-7-15-32(22-28)40(41-34)42-35/h1-3,5-16,18-25H,4,17H2. The van der Waals surface area contributed by atoms with E-state index in [-0.39, 0.29) is 0 Å². The van der Waals surface area contributed by atoms with E-state index in [0.29, 0.717) is 5.65 Å². The number of hydrogen-bond acceptors (Lipinski definition) is 3. The van der Waals surface area contributed by atoms with Gasteiger partial charge in [0.05, 0.1) is 22.6 Å². The van der Waals surface area contributed by atoms with Crippen LogP contribution in [0, 0.1) is 0 Å². The van der Waals surface area contributed by atoms with Crippen LogP contribution in [0.4, 0.5) is 0 Å². The van der Waals surface area contributed by atoms with Gasteiger partial charge in [-0.2, -0.15) is 0 Å². The first-order valence-corrected chi connectivity index (χ1v) is 15.0. The van der Waals surface area contributed by atoms with E-state index in [4.69, 9.17) is 14.4 Å². The van der Waals surface area contributed by atoms with E-state index in [0.717, 1.165) is 84.5 Å². The summed E-state index contributed by atoms with van der Waals surface area (Å²) in [7, 11) is 0. The average molecular weight is 566 g/mol. The highest BCUT2D eigenvalue weighted by molar-refractivity contribution is 5.96. The number of nitrogens with zero attached hydrogens (tertiary/aromatic N) is 3. The van der Waals surface area contributed by atoms with E-state index in [1.165, 1.54) is 5.69 Å². The Morgan fingerprint density at radius 2 is 1.32 bits per heavy atom. The van der Waals surface area contributed by atoms with E-state index >= 15 is 0 Å². The molecule has 4 nitrogen and oxygen atoms in total. The molecule has 0 saturated heterocycles. The van der Waals surface area contributed by atoms with Crippen molar-refractivity contribution in [1.29, 1.82) is 0 Å². The molecule has 0 fully saturated rings. The Bertz CT molecular complexity index is 2500. The van der Waals surface area contributed by atoms with E-state index in [2.05, 4.69) is 138 Å². The first kappa shape index (κ1) is 24.8. The SMILES string of the molecule is C1=Cc2oc3ccc4cc3-n(c2CC1)c1cccc(c1)c1cccc(c1)c1nc(-c2ccccc2)cc(n1)c1cccc4c1. The Labute approximate surface area is 253 Å². The minimum atomic E-state index is 0.709. The van der Waals surface area contributed by atoms with Crippen LogP contribution in [-0.2, 0) is 6.42 Å². The Hall–Kier alpha value is -5.74. The molecule has 0 radical (unpaired) electrons. The number of hydrogen-bond donors (Lipinski definition) is 0. The summed E-state index contributed by atoms with van der Waals surface area (Å²) in [6, 6.07) is 45.0. The van der Waals surface area contributed by atoms with Crippen LogP contribution < -0.4 is 0 Å². The monoisotopic (exact) mass is 565 g/mol. The largest absolute Gasteiger partial charge is 0.453 e. The predicted molar refractivity (Wildman–Crippen MR) is 182 cm³/mol. The number of benzene rings is 5. The van der Waals surface area contributed by atoms with Gasteiger partial charge in [0.1, 0.15) is 5.76 Å². The lowest BCUT2D eigenvalue weighted by Crippen LogP contribution is -2.10. The second-order valence-electron chi connectivity index (χ2n) is 11.4. The molecule has 0 spiro atoms. The van der Waals surface area contributed by atoms with Crippen molar-refractivity contribution < 1.29 is 4.42 Å². The molecule has 0 amide bonds. The van der Waals surface area contributed by atoms with Crippen molar-refractivity contribution in [2.24, 2.45) is 0 Å². The van der Waals surface area contributed by atoms with Crippen LogP contribution in [0.15, 0.2) is 138 Å². The molecule has 5 aromatic carbocycles. The second kappa shape index (κ2) is 9.92. The zero-order chi connectivity index (χ0) is 29.0. The highest BCUT2D eigenvalue weighted by Crippen LogP contribution is 2.33. The van der Waals surface area contributed by atoms with Crippen molar-refractivity contribution >= 4 is 60.7 Å². The molecule has 0 saturated carbocycles. The maximum atomic E-state index is 6.48. The van der Waals surface area contributed by atoms with Gasteiger partial charge in [0.2, 0.25) is 0 Å². The quantitative estimate of drug-likeness (QED) is 0.199. The van der Waals surface area contributed by atoms with Crippen molar-refractivity contribution in [3.8, 4) is 16.9 Å². The van der Waals surface area contributed by atoms with E-state index in [1.807, 2.05) is 6.07 Å². The van der Waals surface area contributed by atoms with Gasteiger partial charge < -0.3 is 8.98 Å². The normalized spacial score (nSPS) is 12.7. The number of aromatic nitrogens is 3. The van der Waals surface area contributed by atoms with Gasteiger partial charge in [-0.1, -0.05) is 91.0 Å². The van der Waals surface area contributed by atoms with Crippen LogP contribution in [0.2, 0.25) is 0 Å². The third kappa shape index (κ3) is 4.15. The highest BCUT2D eigenvalue weighted by atomic mass is 16.3. The first-order valence-electron chi connectivity index (χ1n) is 15.0. The summed E-state index contributed by atoms with van der Waals surface area (Å²) in [6.07, 6.45) is 6.21. The number of allylic oxidation sites excluding steroid dienone is 1. The van der Waals surface area contributed by atoms with Crippen LogP contribution in [0.5, 0.6) is 0 Å². The summed E-state index contributed by atoms with van der Waals surface area (Å²) in [4.78, 5) is 10.2. The zero-order valence-corrected chi connectivity index (χ0v) is 23.9. The Morgan fingerprint density at radius 1 is 0.591 bits per heavy atom. The summed E-state index contributed by atoms with van der Waals surface area (Å²) < 4.78 is 8.87. The van der Waals surface area contributed by atoms with Crippen LogP contribution in [-0.4, -0.2) is 14.5 Å². The fourth-order valence-corrected chi connectivity index (χ4v) is 6.46. The summed E-state index contributed by atoms with van der Waals surface area (Å²) >= 11 is 0. The van der Waals surface area contributed by atoms with Crippen LogP contribution in [0.1, 0.15) is 17.9 Å². The maximum Gasteiger partial charge on any atom is 0.160 e. The maximum absolute atomic E-state index is 6.48. The lowest BCUT2D eigenvalue weighted by atomic mass is 10.0. The van der Waals surface area contributed by atoms with Gasteiger partial charge in [0, 0.05) is 21.9 Å². The number of rotatable bonds is 1. The topological polar surface area (TPSA) is 43.9 Å². The molecule has 1 aliphatic carbocycles. The average Bonchev–Trinajstić information content (AvgIpc) is 3.10. The van der Waals surface area contributed by atoms with Gasteiger partial charge in [0.15, 0.2) is 11.2 Å². The summed E-state index contributed by atoms with van der Waals surface area (Å²) in [5.41, 5.74) is 7.77. The Balaban J connectivity index is 1.50. The van der Waals surface area contributed by atoms with E-state index in [1.54, 1.807) is 0 Å². The van der Waals surface area contributed by atoms with Gasteiger partial charge in [-0.05, 0) is 82.9 Å². The van der Waals surface area contributed by atoms with E-state index < -0.39 is 0 Å². The molecule has 2 aliphatic heterocycles. The van der Waals surface area contributed by atoms with Gasteiger partial charge >= 0.3 is 0 Å². The smallest absolute Gasteiger partial charge is 0.160 e. The molecular weight excluding hydrogens is 538 g/mol. The molecule has 3 aliphatic rings. The zero-order valence-electron chi connectivity index (χ0n) is 23.9. The molecule has 6 aromatic rings. The van der Waals surface area contributed by atoms with E-state index in [9.17, 15) is 0 Å². The first-order chi connectivity index (χ1) is 21.8. The van der Waals surface area contributed by atoms with Crippen LogP contribution in [0.3, 0.4) is 0 Å². The second-order valence-corrected chi connectivity index (χ2v) is 11.4. The Kier molecular flexibility index (Phi) is 5.60. The molecule has 10 bridgehead atoms. The molecule has 208 valence electrons. The molecule has 4 heteroatoms. The molecule has 1 aromatic heterocycles. The van der Waals surface area contributed by atoms with Gasteiger partial charge in [0.25, 0.3) is 0 Å². The molecule has 0 atom stereocenters. The van der Waals surface area contributed by atoms with Crippen molar-refractivity contribution in [2.75, 3.05) is 0 Å². The molecule has 44 heavy (non-hydrogen) atoms. The van der Waals surface area contributed by atoms with Gasteiger partial charge in [-0.25, -0.2) is 9.97 Å². The fourth-order valence-electron chi connectivity index (χ4n) is 6.46. The molecule has 0 unspecified atom stereocenters. The van der Waals surface area contributed by atoms with Crippen LogP contribution in [0.25, 0.3) is 77.6 Å². The molecular formula is C40H27N3O. The summed E-state index contributed by atoms with van der Waals surface area (Å²) in [5.74, 6) is 0.921. The minimum absolute atomic E-state index is 0.709. The van der Waals surface area contributed by atoms with Gasteiger partial charge in [-0.15, -0.1) is 0 Å². The lowest BCUT2D eigenvalue weighted by Gasteiger charge is -2.22. The summed E-state index contributed by atoms with van der Waals surface area (Å²) in [5, 5.41) is 6.53. The van der Waals surface area contributed by atoms with Crippen molar-refractivity contribution in [3.05, 3.63) is 145 Å². The third-order valence-electron chi connectivity index (χ3n) is 8.64. The van der Waals surface area contributed by atoms with Crippen molar-refractivity contribution in [1.82, 2.24) is 14.5 Å². The molecule has 3 heterocycles. The highest BCUT2D eigenvalue weighted by Gasteiger charge is 2.18. The molecule has 0 N–H and O–H groups in total. The third-order valence-corrected chi connectivity index (χ3v) is 8.64. The van der Waals surface area contributed by atoms with Crippen molar-refractivity contribution in [2.45, 2.75) is 12.8 Å². The Morgan fingerprint density at radius 3 is 2.18 bits per heavy atom. The fraction of sp³-hybridized carbons (Fsp3) is 0.0500. The lowest BCUT2D eigenvalue weighted by molar-refractivity contribution is 0.554. The summed E-state index contributed by atoms with van der Waals surface area (Å²) in [6.45, 7) is 0.